The maximum atomic E-state index is 12.8. The standard InChI is InChI=1S/C19H17N3O5S/c1-9-14-17(28-15(9)19(26)27)20-8-22(18(14)25)10(2)16(24)21-13-6-4-5-12(7-13)11(3)23/h4-8,10H,1-3H3,(H,21,24)(H,26,27). The zero-order valence-electron chi connectivity index (χ0n) is 15.3. The molecule has 2 N–H and O–H groups in total. The number of hydrogen-bond acceptors (Lipinski definition) is 6. The summed E-state index contributed by atoms with van der Waals surface area (Å²) in [6.45, 7) is 4.52. The first-order valence-electron chi connectivity index (χ1n) is 8.36. The Morgan fingerprint density at radius 2 is 2.00 bits per heavy atom. The molecular weight excluding hydrogens is 382 g/mol. The van der Waals surface area contributed by atoms with E-state index in [4.69, 9.17) is 0 Å². The minimum Gasteiger partial charge on any atom is -0.477 e. The van der Waals surface area contributed by atoms with Crippen molar-refractivity contribution in [3.05, 3.63) is 57.0 Å². The quantitative estimate of drug-likeness (QED) is 0.637. The van der Waals surface area contributed by atoms with Crippen molar-refractivity contribution in [1.82, 2.24) is 9.55 Å². The van der Waals surface area contributed by atoms with Crippen LogP contribution >= 0.6 is 11.3 Å². The first-order chi connectivity index (χ1) is 13.2. The highest BCUT2D eigenvalue weighted by Gasteiger charge is 2.22. The molecule has 0 fully saturated rings. The third-order valence-corrected chi connectivity index (χ3v) is 5.59. The van der Waals surface area contributed by atoms with Crippen molar-refractivity contribution < 1.29 is 19.5 Å². The number of aryl methyl sites for hydroxylation is 1. The van der Waals surface area contributed by atoms with Crippen LogP contribution < -0.4 is 10.9 Å². The lowest BCUT2D eigenvalue weighted by Gasteiger charge is -2.15. The summed E-state index contributed by atoms with van der Waals surface area (Å²) < 4.78 is 1.16. The molecule has 3 aromatic rings. The predicted molar refractivity (Wildman–Crippen MR) is 105 cm³/mol. The van der Waals surface area contributed by atoms with Gasteiger partial charge < -0.3 is 10.4 Å². The number of aromatic nitrogens is 2. The maximum Gasteiger partial charge on any atom is 0.346 e. The van der Waals surface area contributed by atoms with Crippen LogP contribution in [0.5, 0.6) is 0 Å². The number of ketones is 1. The lowest BCUT2D eigenvalue weighted by atomic mass is 10.1. The Labute approximate surface area is 163 Å². The number of Topliss-reactive ketones (excluding diaryl/α,β-unsaturated/α-hetero) is 1. The number of aromatic carboxylic acids is 1. The summed E-state index contributed by atoms with van der Waals surface area (Å²) in [6.07, 6.45) is 1.24. The summed E-state index contributed by atoms with van der Waals surface area (Å²) in [5.74, 6) is -1.71. The molecule has 0 radical (unpaired) electrons. The van der Waals surface area contributed by atoms with Gasteiger partial charge in [0, 0.05) is 11.3 Å². The van der Waals surface area contributed by atoms with E-state index in [9.17, 15) is 24.3 Å². The summed E-state index contributed by atoms with van der Waals surface area (Å²) in [5.41, 5.74) is 0.750. The highest BCUT2D eigenvalue weighted by Crippen LogP contribution is 2.27. The van der Waals surface area contributed by atoms with Crippen LogP contribution in [0.4, 0.5) is 5.69 Å². The van der Waals surface area contributed by atoms with Crippen LogP contribution in [-0.2, 0) is 4.79 Å². The fourth-order valence-corrected chi connectivity index (χ4v) is 3.78. The molecule has 144 valence electrons. The van der Waals surface area contributed by atoms with Crippen LogP contribution in [0.15, 0.2) is 35.4 Å². The number of hydrogen-bond donors (Lipinski definition) is 2. The van der Waals surface area contributed by atoms with Crippen molar-refractivity contribution in [2.75, 3.05) is 5.32 Å². The van der Waals surface area contributed by atoms with Crippen LogP contribution in [0.3, 0.4) is 0 Å². The lowest BCUT2D eigenvalue weighted by molar-refractivity contribution is -0.118. The van der Waals surface area contributed by atoms with Gasteiger partial charge in [0.05, 0.1) is 11.7 Å². The topological polar surface area (TPSA) is 118 Å². The average Bonchev–Trinajstić information content (AvgIpc) is 2.99. The summed E-state index contributed by atoms with van der Waals surface area (Å²) in [4.78, 5) is 52.7. The number of carboxylic acids is 1. The largest absolute Gasteiger partial charge is 0.477 e. The molecule has 1 atom stereocenters. The number of carbonyl (C=O) groups excluding carboxylic acids is 2. The van der Waals surface area contributed by atoms with Crippen molar-refractivity contribution in [1.29, 1.82) is 0 Å². The van der Waals surface area contributed by atoms with E-state index in [1.165, 1.54) is 13.3 Å². The number of thiophene rings is 1. The Kier molecular flexibility index (Phi) is 5.10. The third-order valence-electron chi connectivity index (χ3n) is 4.40. The molecule has 28 heavy (non-hydrogen) atoms. The number of rotatable bonds is 5. The highest BCUT2D eigenvalue weighted by atomic mass is 32.1. The van der Waals surface area contributed by atoms with Crippen LogP contribution in [0.2, 0.25) is 0 Å². The van der Waals surface area contributed by atoms with Gasteiger partial charge >= 0.3 is 5.97 Å². The number of fused-ring (bicyclic) bond motifs is 1. The van der Waals surface area contributed by atoms with Gasteiger partial charge in [0.2, 0.25) is 5.91 Å². The van der Waals surface area contributed by atoms with E-state index < -0.39 is 23.5 Å². The molecule has 0 aliphatic heterocycles. The number of carbonyl (C=O) groups is 3. The molecule has 0 aliphatic carbocycles. The second-order valence-electron chi connectivity index (χ2n) is 6.30. The van der Waals surface area contributed by atoms with E-state index >= 15 is 0 Å². The van der Waals surface area contributed by atoms with E-state index in [2.05, 4.69) is 10.3 Å². The zero-order chi connectivity index (χ0) is 20.6. The monoisotopic (exact) mass is 399 g/mol. The molecule has 0 aliphatic rings. The Morgan fingerprint density at radius 1 is 1.29 bits per heavy atom. The van der Waals surface area contributed by atoms with E-state index in [0.29, 0.717) is 21.6 Å². The normalized spacial score (nSPS) is 12.0. The Morgan fingerprint density at radius 3 is 2.64 bits per heavy atom. The molecule has 1 unspecified atom stereocenters. The molecule has 0 saturated heterocycles. The summed E-state index contributed by atoms with van der Waals surface area (Å²) >= 11 is 0.925. The van der Waals surface area contributed by atoms with E-state index in [1.54, 1.807) is 38.1 Å². The smallest absolute Gasteiger partial charge is 0.346 e. The van der Waals surface area contributed by atoms with Crippen LogP contribution in [0, 0.1) is 6.92 Å². The van der Waals surface area contributed by atoms with Crippen molar-refractivity contribution in [3.8, 4) is 0 Å². The van der Waals surface area contributed by atoms with E-state index in [0.717, 1.165) is 15.9 Å². The molecule has 9 heteroatoms. The number of amides is 1. The second kappa shape index (κ2) is 7.35. The van der Waals surface area contributed by atoms with Crippen LogP contribution in [-0.4, -0.2) is 32.3 Å². The Hall–Kier alpha value is -3.33. The zero-order valence-corrected chi connectivity index (χ0v) is 16.2. The molecule has 2 aromatic heterocycles. The van der Waals surface area contributed by atoms with Gasteiger partial charge in [0.25, 0.3) is 5.56 Å². The Bertz CT molecular complexity index is 1180. The molecule has 1 amide bonds. The second-order valence-corrected chi connectivity index (χ2v) is 7.30. The van der Waals surface area contributed by atoms with Crippen LogP contribution in [0.1, 0.15) is 45.5 Å². The van der Waals surface area contributed by atoms with Gasteiger partial charge in [-0.1, -0.05) is 12.1 Å². The van der Waals surface area contributed by atoms with E-state index in [1.807, 2.05) is 0 Å². The SMILES string of the molecule is CC(=O)c1cccc(NC(=O)C(C)n2cnc3sc(C(=O)O)c(C)c3c2=O)c1. The highest BCUT2D eigenvalue weighted by molar-refractivity contribution is 7.20. The third kappa shape index (κ3) is 3.44. The number of carboxylic acid groups (broad SMARTS) is 1. The fraction of sp³-hybridized carbons (Fsp3) is 0.211. The van der Waals surface area contributed by atoms with Crippen molar-refractivity contribution in [2.24, 2.45) is 0 Å². The van der Waals surface area contributed by atoms with Crippen molar-refractivity contribution in [3.63, 3.8) is 0 Å². The number of benzene rings is 1. The lowest BCUT2D eigenvalue weighted by Crippen LogP contribution is -2.31. The first-order valence-corrected chi connectivity index (χ1v) is 9.17. The Balaban J connectivity index is 1.94. The molecule has 1 aromatic carbocycles. The molecule has 2 heterocycles. The van der Waals surface area contributed by atoms with Gasteiger partial charge in [-0.05, 0) is 38.5 Å². The summed E-state index contributed by atoms with van der Waals surface area (Å²) in [6, 6.07) is 5.60. The first kappa shape index (κ1) is 19.4. The number of nitrogens with zero attached hydrogens (tertiary/aromatic N) is 2. The fourth-order valence-electron chi connectivity index (χ4n) is 2.81. The predicted octanol–water partition coefficient (Wildman–Crippen LogP) is 2.87. The van der Waals surface area contributed by atoms with E-state index in [-0.39, 0.29) is 16.0 Å². The minimum absolute atomic E-state index is 0.0514. The maximum absolute atomic E-state index is 12.8. The molecular formula is C19H17N3O5S. The summed E-state index contributed by atoms with van der Waals surface area (Å²) in [5, 5.41) is 12.1. The average molecular weight is 399 g/mol. The van der Waals surface area contributed by atoms with Gasteiger partial charge in [-0.3, -0.25) is 19.0 Å². The molecule has 8 nitrogen and oxygen atoms in total. The summed E-state index contributed by atoms with van der Waals surface area (Å²) in [7, 11) is 0. The van der Waals surface area contributed by atoms with Crippen molar-refractivity contribution >= 4 is 44.9 Å². The minimum atomic E-state index is -1.12. The number of anilines is 1. The molecule has 0 spiro atoms. The van der Waals surface area contributed by atoms with Crippen molar-refractivity contribution in [2.45, 2.75) is 26.8 Å². The van der Waals surface area contributed by atoms with Gasteiger partial charge in [-0.15, -0.1) is 11.3 Å². The van der Waals surface area contributed by atoms with Gasteiger partial charge in [0.15, 0.2) is 5.78 Å². The van der Waals surface area contributed by atoms with Crippen LogP contribution in [0.25, 0.3) is 10.2 Å². The molecule has 0 bridgehead atoms. The molecule has 0 saturated carbocycles. The van der Waals surface area contributed by atoms with Gasteiger partial charge in [-0.2, -0.15) is 0 Å². The number of nitrogens with one attached hydrogen (secondary N) is 1. The van der Waals surface area contributed by atoms with Gasteiger partial charge in [-0.25, -0.2) is 9.78 Å². The van der Waals surface area contributed by atoms with Gasteiger partial charge in [0.1, 0.15) is 15.7 Å². The molecule has 3 rings (SSSR count).